The van der Waals surface area contributed by atoms with E-state index in [1.54, 1.807) is 6.20 Å². The summed E-state index contributed by atoms with van der Waals surface area (Å²) in [7, 11) is 0. The molecule has 134 valence electrons. The van der Waals surface area contributed by atoms with Gasteiger partial charge >= 0.3 is 0 Å². The third kappa shape index (κ3) is 3.76. The molecule has 0 unspecified atom stereocenters. The maximum absolute atomic E-state index is 6.25. The minimum Gasteiger partial charge on any atom is -0.347 e. The van der Waals surface area contributed by atoms with Crippen LogP contribution in [0.15, 0.2) is 30.7 Å². The van der Waals surface area contributed by atoms with Crippen molar-refractivity contribution < 1.29 is 9.47 Å². The molecule has 1 aliphatic carbocycles. The van der Waals surface area contributed by atoms with E-state index in [4.69, 9.17) is 9.47 Å². The molecule has 2 fully saturated rings. The van der Waals surface area contributed by atoms with Crippen molar-refractivity contribution in [2.45, 2.75) is 51.0 Å². The molecule has 0 amide bonds. The van der Waals surface area contributed by atoms with Crippen LogP contribution in [-0.2, 0) is 16.0 Å². The standard InChI is InChI=1S/C19H26N4O2/c1-14-4-6-19(7-5-14)24-13-17(25-19)12-21-10-16-11-22-23-18(16)15-3-2-8-20-9-15/h2-3,8-9,11,14,17,21H,4-7,10,12-13H2,1H3,(H,22,23)/t14?,17-,19?/m0/s1. The molecule has 3 heterocycles. The Kier molecular flexibility index (Phi) is 4.83. The van der Waals surface area contributed by atoms with Gasteiger partial charge in [0.2, 0.25) is 0 Å². The molecule has 2 aromatic heterocycles. The number of ether oxygens (including phenoxy) is 2. The number of aromatic nitrogens is 3. The predicted octanol–water partition coefficient (Wildman–Crippen LogP) is 2.88. The molecule has 2 aliphatic rings. The van der Waals surface area contributed by atoms with Crippen LogP contribution >= 0.6 is 0 Å². The van der Waals surface area contributed by atoms with Crippen LogP contribution in [0.1, 0.15) is 38.2 Å². The number of aromatic amines is 1. The van der Waals surface area contributed by atoms with E-state index in [2.05, 4.69) is 27.4 Å². The topological polar surface area (TPSA) is 72.1 Å². The van der Waals surface area contributed by atoms with Gasteiger partial charge in [0, 0.05) is 49.5 Å². The molecule has 25 heavy (non-hydrogen) atoms. The minimum atomic E-state index is -0.310. The Labute approximate surface area is 148 Å². The van der Waals surface area contributed by atoms with Crippen molar-refractivity contribution in [1.82, 2.24) is 20.5 Å². The van der Waals surface area contributed by atoms with Crippen molar-refractivity contribution in [3.05, 3.63) is 36.3 Å². The zero-order chi connectivity index (χ0) is 17.1. The van der Waals surface area contributed by atoms with E-state index < -0.39 is 0 Å². The lowest BCUT2D eigenvalue weighted by molar-refractivity contribution is -0.191. The SMILES string of the molecule is CC1CCC2(CC1)OC[C@H](CNCc1cn[nH]c1-c1cccnc1)O2. The summed E-state index contributed by atoms with van der Waals surface area (Å²) >= 11 is 0. The van der Waals surface area contributed by atoms with Crippen LogP contribution in [0, 0.1) is 5.92 Å². The zero-order valence-corrected chi connectivity index (χ0v) is 14.7. The molecule has 0 aromatic carbocycles. The van der Waals surface area contributed by atoms with Crippen molar-refractivity contribution >= 4 is 0 Å². The molecule has 1 aliphatic heterocycles. The first kappa shape index (κ1) is 16.7. The predicted molar refractivity (Wildman–Crippen MR) is 94.7 cm³/mol. The summed E-state index contributed by atoms with van der Waals surface area (Å²) in [6.07, 6.45) is 10.1. The van der Waals surface area contributed by atoms with Crippen LogP contribution in [0.25, 0.3) is 11.3 Å². The molecular formula is C19H26N4O2. The van der Waals surface area contributed by atoms with Crippen molar-refractivity contribution in [3.63, 3.8) is 0 Å². The summed E-state index contributed by atoms with van der Waals surface area (Å²) in [6.45, 7) is 4.52. The average Bonchev–Trinajstić information content (AvgIpc) is 3.26. The fourth-order valence-electron chi connectivity index (χ4n) is 3.75. The molecule has 6 heteroatoms. The van der Waals surface area contributed by atoms with Crippen molar-refractivity contribution in [3.8, 4) is 11.3 Å². The highest BCUT2D eigenvalue weighted by Crippen LogP contribution is 2.39. The molecule has 0 radical (unpaired) electrons. The van der Waals surface area contributed by atoms with E-state index in [1.165, 1.54) is 12.8 Å². The number of nitrogens with one attached hydrogen (secondary N) is 2. The number of pyridine rings is 1. The Balaban J connectivity index is 1.29. The quantitative estimate of drug-likeness (QED) is 0.874. The van der Waals surface area contributed by atoms with E-state index in [0.717, 1.165) is 48.7 Å². The largest absolute Gasteiger partial charge is 0.347 e. The van der Waals surface area contributed by atoms with Gasteiger partial charge in [0.05, 0.1) is 24.6 Å². The molecule has 2 N–H and O–H groups in total. The Morgan fingerprint density at radius 3 is 3.00 bits per heavy atom. The number of hydrogen-bond acceptors (Lipinski definition) is 5. The first-order valence-corrected chi connectivity index (χ1v) is 9.19. The van der Waals surface area contributed by atoms with Gasteiger partial charge in [0.1, 0.15) is 0 Å². The second kappa shape index (κ2) is 7.23. The van der Waals surface area contributed by atoms with Gasteiger partial charge in [-0.3, -0.25) is 10.1 Å². The van der Waals surface area contributed by atoms with E-state index in [9.17, 15) is 0 Å². The molecule has 2 aromatic rings. The lowest BCUT2D eigenvalue weighted by Gasteiger charge is -2.34. The first-order chi connectivity index (χ1) is 12.2. The zero-order valence-electron chi connectivity index (χ0n) is 14.7. The second-order valence-corrected chi connectivity index (χ2v) is 7.29. The smallest absolute Gasteiger partial charge is 0.168 e. The summed E-state index contributed by atoms with van der Waals surface area (Å²) in [5.41, 5.74) is 3.20. The maximum Gasteiger partial charge on any atom is 0.168 e. The van der Waals surface area contributed by atoms with Crippen LogP contribution < -0.4 is 5.32 Å². The molecule has 0 bridgehead atoms. The van der Waals surface area contributed by atoms with Crippen LogP contribution in [0.4, 0.5) is 0 Å². The number of nitrogens with zero attached hydrogens (tertiary/aromatic N) is 2. The highest BCUT2D eigenvalue weighted by molar-refractivity contribution is 5.61. The van der Waals surface area contributed by atoms with Gasteiger partial charge in [0.25, 0.3) is 0 Å². The van der Waals surface area contributed by atoms with Gasteiger partial charge in [-0.1, -0.05) is 6.92 Å². The van der Waals surface area contributed by atoms with Crippen LogP contribution in [-0.4, -0.2) is 40.2 Å². The van der Waals surface area contributed by atoms with Gasteiger partial charge in [-0.25, -0.2) is 0 Å². The summed E-state index contributed by atoms with van der Waals surface area (Å²) in [5.74, 6) is 0.483. The summed E-state index contributed by atoms with van der Waals surface area (Å²) in [5, 5.41) is 10.7. The normalized spacial score (nSPS) is 29.3. The molecule has 1 atom stereocenters. The van der Waals surface area contributed by atoms with Crippen LogP contribution in [0.3, 0.4) is 0 Å². The van der Waals surface area contributed by atoms with E-state index in [0.29, 0.717) is 6.61 Å². The first-order valence-electron chi connectivity index (χ1n) is 9.19. The molecular weight excluding hydrogens is 316 g/mol. The van der Waals surface area contributed by atoms with E-state index in [1.807, 2.05) is 24.5 Å². The summed E-state index contributed by atoms with van der Waals surface area (Å²) in [6, 6.07) is 3.97. The Hall–Kier alpha value is -1.76. The Morgan fingerprint density at radius 1 is 1.32 bits per heavy atom. The van der Waals surface area contributed by atoms with Gasteiger partial charge in [-0.05, 0) is 30.9 Å². The average molecular weight is 342 g/mol. The monoisotopic (exact) mass is 342 g/mol. The van der Waals surface area contributed by atoms with Gasteiger partial charge < -0.3 is 14.8 Å². The van der Waals surface area contributed by atoms with E-state index >= 15 is 0 Å². The van der Waals surface area contributed by atoms with Crippen LogP contribution in [0.2, 0.25) is 0 Å². The van der Waals surface area contributed by atoms with Gasteiger partial charge in [-0.2, -0.15) is 5.10 Å². The fraction of sp³-hybridized carbons (Fsp3) is 0.579. The number of H-pyrrole nitrogens is 1. The van der Waals surface area contributed by atoms with Crippen LogP contribution in [0.5, 0.6) is 0 Å². The van der Waals surface area contributed by atoms with E-state index in [-0.39, 0.29) is 11.9 Å². The Bertz CT molecular complexity index is 680. The molecule has 1 saturated heterocycles. The van der Waals surface area contributed by atoms with Crippen molar-refractivity contribution in [1.29, 1.82) is 0 Å². The Morgan fingerprint density at radius 2 is 2.20 bits per heavy atom. The third-order valence-corrected chi connectivity index (χ3v) is 5.31. The highest BCUT2D eigenvalue weighted by atomic mass is 16.7. The third-order valence-electron chi connectivity index (χ3n) is 5.31. The lowest BCUT2D eigenvalue weighted by atomic mass is 9.86. The maximum atomic E-state index is 6.25. The summed E-state index contributed by atoms with van der Waals surface area (Å²) < 4.78 is 12.3. The number of rotatable bonds is 5. The van der Waals surface area contributed by atoms with Gasteiger partial charge in [-0.15, -0.1) is 0 Å². The number of hydrogen-bond donors (Lipinski definition) is 2. The molecule has 1 spiro atoms. The summed E-state index contributed by atoms with van der Waals surface area (Å²) in [4.78, 5) is 4.17. The minimum absolute atomic E-state index is 0.127. The molecule has 1 saturated carbocycles. The van der Waals surface area contributed by atoms with Crippen molar-refractivity contribution in [2.75, 3.05) is 13.2 Å². The molecule has 4 rings (SSSR count). The fourth-order valence-corrected chi connectivity index (χ4v) is 3.75. The lowest BCUT2D eigenvalue weighted by Crippen LogP contribution is -2.37. The van der Waals surface area contributed by atoms with Gasteiger partial charge in [0.15, 0.2) is 5.79 Å². The second-order valence-electron chi connectivity index (χ2n) is 7.29. The molecule has 6 nitrogen and oxygen atoms in total. The van der Waals surface area contributed by atoms with Crippen molar-refractivity contribution in [2.24, 2.45) is 5.92 Å². The highest BCUT2D eigenvalue weighted by Gasteiger charge is 2.43.